The first-order valence-corrected chi connectivity index (χ1v) is 7.08. The van der Waals surface area contributed by atoms with Crippen LogP contribution in [0.25, 0.3) is 0 Å². The zero-order valence-electron chi connectivity index (χ0n) is 9.19. The number of nitrogens with two attached hydrogens (primary N) is 1. The van der Waals surface area contributed by atoms with Crippen molar-refractivity contribution in [1.82, 2.24) is 4.90 Å². The number of hydrogen-bond acceptors (Lipinski definition) is 3. The Hall–Kier alpha value is -0.880. The molecule has 4 nitrogen and oxygen atoms in total. The predicted molar refractivity (Wildman–Crippen MR) is 69.8 cm³/mol. The number of carbonyl (C=O) groups is 2. The van der Waals surface area contributed by atoms with Crippen LogP contribution in [0.5, 0.6) is 0 Å². The quantitative estimate of drug-likeness (QED) is 0.905. The maximum absolute atomic E-state index is 12.1. The third-order valence-corrected chi connectivity index (χ3v) is 4.50. The van der Waals surface area contributed by atoms with Gasteiger partial charge < -0.3 is 10.6 Å². The Morgan fingerprint density at radius 2 is 2.06 bits per heavy atom. The molecule has 1 fully saturated rings. The van der Waals surface area contributed by atoms with Gasteiger partial charge in [-0.1, -0.05) is 0 Å². The average molecular weight is 317 g/mol. The van der Waals surface area contributed by atoms with Crippen LogP contribution in [0.15, 0.2) is 15.2 Å². The van der Waals surface area contributed by atoms with Crippen LogP contribution in [0.1, 0.15) is 23.2 Å². The molecule has 92 valence electrons. The highest BCUT2D eigenvalue weighted by molar-refractivity contribution is 9.11. The number of amides is 2. The minimum atomic E-state index is -0.254. The summed E-state index contributed by atoms with van der Waals surface area (Å²) in [6, 6.07) is 1.83. The van der Waals surface area contributed by atoms with Gasteiger partial charge >= 0.3 is 0 Å². The van der Waals surface area contributed by atoms with E-state index < -0.39 is 0 Å². The first-order valence-electron chi connectivity index (χ1n) is 5.40. The normalized spacial score (nSPS) is 17.1. The Labute approximate surface area is 112 Å². The predicted octanol–water partition coefficient (Wildman–Crippen LogP) is 1.85. The van der Waals surface area contributed by atoms with E-state index >= 15 is 0 Å². The van der Waals surface area contributed by atoms with E-state index in [0.29, 0.717) is 31.5 Å². The van der Waals surface area contributed by atoms with Crippen molar-refractivity contribution >= 4 is 39.1 Å². The SMILES string of the molecule is NC(=O)C1CCN(C(=O)c2csc(Br)c2)CC1. The maximum Gasteiger partial charge on any atom is 0.254 e. The summed E-state index contributed by atoms with van der Waals surface area (Å²) in [6.07, 6.45) is 1.35. The van der Waals surface area contributed by atoms with Crippen LogP contribution in [-0.4, -0.2) is 29.8 Å². The summed E-state index contributed by atoms with van der Waals surface area (Å²) in [5.41, 5.74) is 5.96. The molecule has 17 heavy (non-hydrogen) atoms. The van der Waals surface area contributed by atoms with E-state index in [-0.39, 0.29) is 17.7 Å². The van der Waals surface area contributed by atoms with Crippen molar-refractivity contribution in [3.8, 4) is 0 Å². The van der Waals surface area contributed by atoms with Gasteiger partial charge in [0.1, 0.15) is 0 Å². The van der Waals surface area contributed by atoms with Crippen LogP contribution in [0.4, 0.5) is 0 Å². The zero-order chi connectivity index (χ0) is 12.4. The van der Waals surface area contributed by atoms with Crippen molar-refractivity contribution in [3.63, 3.8) is 0 Å². The lowest BCUT2D eigenvalue weighted by Crippen LogP contribution is -2.41. The van der Waals surface area contributed by atoms with Crippen molar-refractivity contribution in [3.05, 3.63) is 20.8 Å². The molecule has 0 saturated carbocycles. The van der Waals surface area contributed by atoms with Crippen LogP contribution >= 0.6 is 27.3 Å². The second-order valence-corrected chi connectivity index (χ2v) is 6.40. The van der Waals surface area contributed by atoms with Crippen molar-refractivity contribution in [2.24, 2.45) is 11.7 Å². The van der Waals surface area contributed by atoms with Gasteiger partial charge in [-0.3, -0.25) is 9.59 Å². The summed E-state index contributed by atoms with van der Waals surface area (Å²) in [5, 5.41) is 1.84. The van der Waals surface area contributed by atoms with Crippen molar-refractivity contribution < 1.29 is 9.59 Å². The molecule has 0 atom stereocenters. The lowest BCUT2D eigenvalue weighted by atomic mass is 9.96. The summed E-state index contributed by atoms with van der Waals surface area (Å²) in [7, 11) is 0. The first kappa shape index (κ1) is 12.6. The van der Waals surface area contributed by atoms with E-state index in [2.05, 4.69) is 15.9 Å². The fraction of sp³-hybridized carbons (Fsp3) is 0.455. The highest BCUT2D eigenvalue weighted by Crippen LogP contribution is 2.24. The number of hydrogen-bond donors (Lipinski definition) is 1. The second kappa shape index (κ2) is 5.18. The van der Waals surface area contributed by atoms with E-state index in [9.17, 15) is 9.59 Å². The highest BCUT2D eigenvalue weighted by atomic mass is 79.9. The van der Waals surface area contributed by atoms with Gasteiger partial charge in [0.25, 0.3) is 5.91 Å². The van der Waals surface area contributed by atoms with Gasteiger partial charge in [-0.15, -0.1) is 11.3 Å². The molecule has 0 unspecified atom stereocenters. The van der Waals surface area contributed by atoms with E-state index in [0.717, 1.165) is 3.79 Å². The van der Waals surface area contributed by atoms with Crippen LogP contribution < -0.4 is 5.73 Å². The minimum absolute atomic E-state index is 0.0369. The van der Waals surface area contributed by atoms with Gasteiger partial charge in [0, 0.05) is 24.4 Å². The van der Waals surface area contributed by atoms with E-state index in [4.69, 9.17) is 5.73 Å². The zero-order valence-corrected chi connectivity index (χ0v) is 11.6. The Balaban J connectivity index is 1.97. The van der Waals surface area contributed by atoms with Crippen LogP contribution in [-0.2, 0) is 4.79 Å². The third-order valence-electron chi connectivity index (χ3n) is 3.00. The summed E-state index contributed by atoms with van der Waals surface area (Å²) < 4.78 is 0.952. The molecule has 2 N–H and O–H groups in total. The fourth-order valence-electron chi connectivity index (χ4n) is 1.97. The molecule has 0 aliphatic carbocycles. The molecule has 0 radical (unpaired) electrons. The Morgan fingerprint density at radius 3 is 2.53 bits per heavy atom. The smallest absolute Gasteiger partial charge is 0.254 e. The van der Waals surface area contributed by atoms with Gasteiger partial charge in [-0.2, -0.15) is 0 Å². The monoisotopic (exact) mass is 316 g/mol. The molecular weight excluding hydrogens is 304 g/mol. The Bertz CT molecular complexity index is 438. The van der Waals surface area contributed by atoms with Gasteiger partial charge in [0.2, 0.25) is 5.91 Å². The number of thiophene rings is 1. The topological polar surface area (TPSA) is 63.4 Å². The van der Waals surface area contributed by atoms with Gasteiger partial charge in [-0.05, 0) is 34.8 Å². The second-order valence-electron chi connectivity index (χ2n) is 4.11. The molecule has 1 aliphatic rings. The Kier molecular flexibility index (Phi) is 3.83. The number of nitrogens with zero attached hydrogens (tertiary/aromatic N) is 1. The van der Waals surface area contributed by atoms with E-state index in [1.165, 1.54) is 11.3 Å². The molecule has 1 aliphatic heterocycles. The number of carbonyl (C=O) groups excluding carboxylic acids is 2. The summed E-state index contributed by atoms with van der Waals surface area (Å²) >= 11 is 4.84. The number of halogens is 1. The summed E-state index contributed by atoms with van der Waals surface area (Å²) in [5.74, 6) is -0.293. The largest absolute Gasteiger partial charge is 0.369 e. The summed E-state index contributed by atoms with van der Waals surface area (Å²) in [6.45, 7) is 1.22. The molecule has 1 aromatic heterocycles. The maximum atomic E-state index is 12.1. The number of likely N-dealkylation sites (tertiary alicyclic amines) is 1. The third kappa shape index (κ3) is 2.87. The van der Waals surface area contributed by atoms with Gasteiger partial charge in [0.15, 0.2) is 0 Å². The first-order chi connectivity index (χ1) is 8.08. The van der Waals surface area contributed by atoms with Crippen molar-refractivity contribution in [2.75, 3.05) is 13.1 Å². The van der Waals surface area contributed by atoms with Crippen molar-refractivity contribution in [1.29, 1.82) is 0 Å². The lowest BCUT2D eigenvalue weighted by Gasteiger charge is -2.30. The average Bonchev–Trinajstić information content (AvgIpc) is 2.75. The molecular formula is C11H13BrN2O2S. The molecule has 0 spiro atoms. The molecule has 1 saturated heterocycles. The highest BCUT2D eigenvalue weighted by Gasteiger charge is 2.26. The fourth-order valence-corrected chi connectivity index (χ4v) is 3.10. The number of primary amides is 1. The van der Waals surface area contributed by atoms with Gasteiger partial charge in [-0.25, -0.2) is 0 Å². The van der Waals surface area contributed by atoms with Gasteiger partial charge in [0.05, 0.1) is 9.35 Å². The lowest BCUT2D eigenvalue weighted by molar-refractivity contribution is -0.123. The molecule has 0 aromatic carbocycles. The van der Waals surface area contributed by atoms with Crippen LogP contribution in [0.2, 0.25) is 0 Å². The molecule has 2 heterocycles. The van der Waals surface area contributed by atoms with Crippen molar-refractivity contribution in [2.45, 2.75) is 12.8 Å². The summed E-state index contributed by atoms with van der Waals surface area (Å²) in [4.78, 5) is 24.9. The van der Waals surface area contributed by atoms with E-state index in [1.807, 2.05) is 11.4 Å². The molecule has 6 heteroatoms. The number of rotatable bonds is 2. The van der Waals surface area contributed by atoms with Crippen LogP contribution in [0, 0.1) is 5.92 Å². The molecule has 2 amide bonds. The molecule has 1 aromatic rings. The van der Waals surface area contributed by atoms with E-state index in [1.54, 1.807) is 4.90 Å². The minimum Gasteiger partial charge on any atom is -0.369 e. The number of piperidine rings is 1. The molecule has 0 bridgehead atoms. The van der Waals surface area contributed by atoms with Crippen LogP contribution in [0.3, 0.4) is 0 Å². The Morgan fingerprint density at radius 1 is 1.41 bits per heavy atom. The standard InChI is InChI=1S/C11H13BrN2O2S/c12-9-5-8(6-17-9)11(16)14-3-1-7(2-4-14)10(13)15/h5-7H,1-4H2,(H2,13,15). The molecule has 2 rings (SSSR count).